The maximum absolute atomic E-state index is 14.0. The average Bonchev–Trinajstić information content (AvgIpc) is 2.38. The molecule has 5 nitrogen and oxygen atoms in total. The molecule has 0 saturated carbocycles. The number of hydrogen-bond acceptors (Lipinski definition) is 4. The van der Waals surface area contributed by atoms with Crippen LogP contribution in [-0.2, 0) is 10.0 Å². The Balaban J connectivity index is 2.11. The second kappa shape index (κ2) is 6.07. The fraction of sp³-hybridized carbons (Fsp3) is 0.538. The second-order valence-electron chi connectivity index (χ2n) is 5.19. The largest absolute Gasteiger partial charge is 0.371 e. The molecule has 0 radical (unpaired) electrons. The molecule has 1 fully saturated rings. The van der Waals surface area contributed by atoms with Crippen molar-refractivity contribution in [1.82, 2.24) is 5.32 Å². The zero-order chi connectivity index (χ0) is 14.8. The van der Waals surface area contributed by atoms with E-state index in [9.17, 15) is 12.8 Å². The molecule has 112 valence electrons. The number of benzene rings is 1. The van der Waals surface area contributed by atoms with Crippen molar-refractivity contribution < 1.29 is 12.8 Å². The topological polar surface area (TPSA) is 75.4 Å². The van der Waals surface area contributed by atoms with Gasteiger partial charge < -0.3 is 10.2 Å². The number of nitrogens with zero attached hydrogens (tertiary/aromatic N) is 1. The Morgan fingerprint density at radius 1 is 1.45 bits per heavy atom. The average molecular weight is 301 g/mol. The first kappa shape index (κ1) is 15.2. The maximum atomic E-state index is 14.0. The van der Waals surface area contributed by atoms with Gasteiger partial charge in [-0.25, -0.2) is 17.9 Å². The smallest absolute Gasteiger partial charge is 0.238 e. The lowest BCUT2D eigenvalue weighted by Crippen LogP contribution is -2.42. The summed E-state index contributed by atoms with van der Waals surface area (Å²) in [5.41, 5.74) is 0.379. The number of nitrogens with one attached hydrogen (secondary N) is 1. The van der Waals surface area contributed by atoms with Crippen LogP contribution in [0.1, 0.15) is 19.3 Å². The van der Waals surface area contributed by atoms with Gasteiger partial charge in [0.1, 0.15) is 5.82 Å². The summed E-state index contributed by atoms with van der Waals surface area (Å²) in [5, 5.41) is 8.38. The third kappa shape index (κ3) is 3.68. The van der Waals surface area contributed by atoms with Gasteiger partial charge >= 0.3 is 0 Å². The molecule has 1 aromatic rings. The van der Waals surface area contributed by atoms with Gasteiger partial charge in [0, 0.05) is 19.6 Å². The Bertz CT molecular complexity index is 571. The molecule has 0 spiro atoms. The van der Waals surface area contributed by atoms with Crippen LogP contribution in [0.4, 0.5) is 10.1 Å². The van der Waals surface area contributed by atoms with Gasteiger partial charge in [-0.1, -0.05) is 6.42 Å². The zero-order valence-corrected chi connectivity index (χ0v) is 12.3. The maximum Gasteiger partial charge on any atom is 0.238 e. The lowest BCUT2D eigenvalue weighted by atomic mass is 10.0. The summed E-state index contributed by atoms with van der Waals surface area (Å²) in [5.74, 6) is -0.574. The Kier molecular flexibility index (Phi) is 4.62. The Hall–Kier alpha value is -1.18. The first-order valence-corrected chi connectivity index (χ1v) is 8.19. The molecule has 1 aliphatic heterocycles. The van der Waals surface area contributed by atoms with Crippen molar-refractivity contribution in [3.05, 3.63) is 24.0 Å². The van der Waals surface area contributed by atoms with Crippen molar-refractivity contribution in [2.24, 2.45) is 5.14 Å². The first-order valence-electron chi connectivity index (χ1n) is 6.65. The number of sulfonamides is 1. The van der Waals surface area contributed by atoms with Crippen molar-refractivity contribution >= 4 is 15.7 Å². The summed E-state index contributed by atoms with van der Waals surface area (Å²) in [6.07, 6.45) is 3.43. The monoisotopic (exact) mass is 301 g/mol. The normalized spacial score (nSPS) is 19.9. The zero-order valence-electron chi connectivity index (χ0n) is 11.5. The number of anilines is 1. The number of halogens is 1. The number of primary sulfonamides is 1. The molecule has 0 aliphatic carbocycles. The van der Waals surface area contributed by atoms with E-state index in [-0.39, 0.29) is 4.90 Å². The van der Waals surface area contributed by atoms with Crippen LogP contribution < -0.4 is 15.4 Å². The molecule has 2 rings (SSSR count). The van der Waals surface area contributed by atoms with Crippen LogP contribution in [0.15, 0.2) is 23.1 Å². The molecule has 0 amide bonds. The fourth-order valence-corrected chi connectivity index (χ4v) is 3.01. The van der Waals surface area contributed by atoms with Crippen LogP contribution in [0.2, 0.25) is 0 Å². The molecule has 1 saturated heterocycles. The molecule has 0 aromatic heterocycles. The summed E-state index contributed by atoms with van der Waals surface area (Å²) in [4.78, 5) is 1.59. The van der Waals surface area contributed by atoms with Crippen molar-refractivity contribution in [3.63, 3.8) is 0 Å². The van der Waals surface area contributed by atoms with Gasteiger partial charge in [0.05, 0.1) is 10.6 Å². The molecular weight excluding hydrogens is 281 g/mol. The predicted molar refractivity (Wildman–Crippen MR) is 76.7 cm³/mol. The van der Waals surface area contributed by atoms with E-state index in [1.807, 2.05) is 0 Å². The van der Waals surface area contributed by atoms with Gasteiger partial charge in [0.2, 0.25) is 10.0 Å². The van der Waals surface area contributed by atoms with Gasteiger partial charge in [-0.3, -0.25) is 0 Å². The fourth-order valence-electron chi connectivity index (χ4n) is 2.48. The summed E-state index contributed by atoms with van der Waals surface area (Å²) in [6.45, 7) is 1.68. The molecule has 0 bridgehead atoms. The highest BCUT2D eigenvalue weighted by atomic mass is 32.2. The van der Waals surface area contributed by atoms with E-state index in [1.165, 1.54) is 25.0 Å². The summed E-state index contributed by atoms with van der Waals surface area (Å²) < 4.78 is 36.3. The number of piperidine rings is 1. The van der Waals surface area contributed by atoms with Gasteiger partial charge in [-0.15, -0.1) is 0 Å². The van der Waals surface area contributed by atoms with E-state index in [1.54, 1.807) is 11.9 Å². The van der Waals surface area contributed by atoms with Crippen LogP contribution >= 0.6 is 0 Å². The Morgan fingerprint density at radius 2 is 2.20 bits per heavy atom. The molecule has 20 heavy (non-hydrogen) atoms. The summed E-state index contributed by atoms with van der Waals surface area (Å²) in [6, 6.07) is 4.09. The standard InChI is InChI=1S/C13H20FN3O2S/c1-17(9-10-4-2-3-7-16-10)13-6-5-11(8-12(13)14)20(15,18)19/h5-6,8,10,16H,2-4,7,9H2,1H3,(H2,15,18,19). The Labute approximate surface area is 119 Å². The van der Waals surface area contributed by atoms with E-state index in [4.69, 9.17) is 5.14 Å². The highest BCUT2D eigenvalue weighted by Crippen LogP contribution is 2.22. The van der Waals surface area contributed by atoms with Crippen LogP contribution in [0.5, 0.6) is 0 Å². The SMILES string of the molecule is CN(CC1CCCCN1)c1ccc(S(N)(=O)=O)cc1F. The minimum Gasteiger partial charge on any atom is -0.371 e. The highest BCUT2D eigenvalue weighted by Gasteiger charge is 2.18. The minimum absolute atomic E-state index is 0.206. The molecule has 1 heterocycles. The molecule has 3 N–H and O–H groups in total. The van der Waals surface area contributed by atoms with E-state index in [2.05, 4.69) is 5.32 Å². The second-order valence-corrected chi connectivity index (χ2v) is 6.75. The molecule has 1 aliphatic rings. The lowest BCUT2D eigenvalue weighted by molar-refractivity contribution is 0.402. The van der Waals surface area contributed by atoms with Crippen LogP contribution in [-0.4, -0.2) is 34.6 Å². The van der Waals surface area contributed by atoms with Gasteiger partial charge in [-0.2, -0.15) is 0 Å². The molecule has 1 aromatic carbocycles. The van der Waals surface area contributed by atoms with Crippen molar-refractivity contribution in [3.8, 4) is 0 Å². The predicted octanol–water partition coefficient (Wildman–Crippen LogP) is 1.05. The Morgan fingerprint density at radius 3 is 2.75 bits per heavy atom. The van der Waals surface area contributed by atoms with Crippen LogP contribution in [0.3, 0.4) is 0 Å². The van der Waals surface area contributed by atoms with Crippen molar-refractivity contribution in [2.45, 2.75) is 30.2 Å². The van der Waals surface area contributed by atoms with Gasteiger partial charge in [-0.05, 0) is 37.6 Å². The van der Waals surface area contributed by atoms with E-state index in [0.717, 1.165) is 19.0 Å². The summed E-state index contributed by atoms with van der Waals surface area (Å²) in [7, 11) is -2.07. The number of hydrogen-bond donors (Lipinski definition) is 2. The van der Waals surface area contributed by atoms with Gasteiger partial charge in [0.25, 0.3) is 0 Å². The van der Waals surface area contributed by atoms with E-state index in [0.29, 0.717) is 18.3 Å². The minimum atomic E-state index is -3.87. The van der Waals surface area contributed by atoms with Crippen molar-refractivity contribution in [2.75, 3.05) is 25.0 Å². The quantitative estimate of drug-likeness (QED) is 0.871. The third-order valence-electron chi connectivity index (χ3n) is 3.57. The molecular formula is C13H20FN3O2S. The van der Waals surface area contributed by atoms with Crippen molar-refractivity contribution in [1.29, 1.82) is 0 Å². The van der Waals surface area contributed by atoms with Crippen LogP contribution in [0.25, 0.3) is 0 Å². The lowest BCUT2D eigenvalue weighted by Gasteiger charge is -2.29. The molecule has 7 heteroatoms. The molecule has 1 unspecified atom stereocenters. The molecule has 1 atom stereocenters. The van der Waals surface area contributed by atoms with Gasteiger partial charge in [0.15, 0.2) is 0 Å². The number of rotatable bonds is 4. The van der Waals surface area contributed by atoms with E-state index >= 15 is 0 Å². The highest BCUT2D eigenvalue weighted by molar-refractivity contribution is 7.89. The van der Waals surface area contributed by atoms with E-state index < -0.39 is 15.8 Å². The van der Waals surface area contributed by atoms with Crippen LogP contribution in [0, 0.1) is 5.82 Å². The summed E-state index contributed by atoms with van der Waals surface area (Å²) >= 11 is 0. The first-order chi connectivity index (χ1) is 9.38. The number of nitrogens with two attached hydrogens (primary N) is 1. The third-order valence-corrected chi connectivity index (χ3v) is 4.48. The number of likely N-dealkylation sites (N-methyl/N-ethyl adjacent to an activating group) is 1.